The summed E-state index contributed by atoms with van der Waals surface area (Å²) in [5.41, 5.74) is 2.03. The number of hydrogen-bond acceptors (Lipinski definition) is 5. The zero-order valence-electron chi connectivity index (χ0n) is 13.9. The van der Waals surface area contributed by atoms with Crippen LogP contribution in [0, 0.1) is 0 Å². The number of nitrogens with zero attached hydrogens (tertiary/aromatic N) is 2. The number of unbranched alkanes of at least 4 members (excludes halogenated alkanes) is 1. The summed E-state index contributed by atoms with van der Waals surface area (Å²) in [7, 11) is 0. The average molecular weight is 328 g/mol. The molecule has 1 unspecified atom stereocenters. The van der Waals surface area contributed by atoms with Crippen LogP contribution in [-0.4, -0.2) is 34.6 Å². The number of phenols is 1. The van der Waals surface area contributed by atoms with E-state index < -0.39 is 0 Å². The summed E-state index contributed by atoms with van der Waals surface area (Å²) in [4.78, 5) is 8.81. The zero-order chi connectivity index (χ0) is 16.6. The van der Waals surface area contributed by atoms with Crippen LogP contribution in [0.3, 0.4) is 0 Å². The summed E-state index contributed by atoms with van der Waals surface area (Å²) >= 11 is 0. The first-order valence-corrected chi connectivity index (χ1v) is 8.65. The van der Waals surface area contributed by atoms with Gasteiger partial charge in [0, 0.05) is 31.2 Å². The van der Waals surface area contributed by atoms with Crippen LogP contribution in [0.4, 0.5) is 0 Å². The van der Waals surface area contributed by atoms with Gasteiger partial charge >= 0.3 is 0 Å². The Hall–Kier alpha value is -1.98. The van der Waals surface area contributed by atoms with E-state index in [1.54, 1.807) is 12.1 Å². The largest absolute Gasteiger partial charge is 0.508 e. The van der Waals surface area contributed by atoms with Crippen molar-refractivity contribution in [2.75, 3.05) is 13.2 Å². The van der Waals surface area contributed by atoms with Crippen molar-refractivity contribution in [3.8, 4) is 17.1 Å². The van der Waals surface area contributed by atoms with Gasteiger partial charge in [-0.2, -0.15) is 0 Å². The van der Waals surface area contributed by atoms with Crippen LogP contribution in [0.2, 0.25) is 0 Å². The third-order valence-electron chi connectivity index (χ3n) is 4.13. The van der Waals surface area contributed by atoms with Gasteiger partial charge in [-0.05, 0) is 68.4 Å². The van der Waals surface area contributed by atoms with Gasteiger partial charge in [-0.25, -0.2) is 9.97 Å². The molecule has 1 aromatic carbocycles. The second kappa shape index (κ2) is 8.76. The molecule has 3 rings (SSSR count). The number of aromatic hydroxyl groups is 1. The molecule has 0 spiro atoms. The van der Waals surface area contributed by atoms with Crippen LogP contribution in [0.25, 0.3) is 11.4 Å². The molecule has 1 aliphatic heterocycles. The second-order valence-electron chi connectivity index (χ2n) is 6.09. The Kier molecular flexibility index (Phi) is 6.15. The molecule has 0 bridgehead atoms. The number of aryl methyl sites for hydroxylation is 1. The van der Waals surface area contributed by atoms with Crippen molar-refractivity contribution in [2.45, 2.75) is 44.8 Å². The highest BCUT2D eigenvalue weighted by atomic mass is 16.7. The van der Waals surface area contributed by atoms with Crippen molar-refractivity contribution in [1.29, 1.82) is 0 Å². The third kappa shape index (κ3) is 5.01. The number of hydrogen-bond donors (Lipinski definition) is 1. The average Bonchev–Trinajstić information content (AvgIpc) is 2.64. The SMILES string of the molecule is Oc1ccc(-c2ncc(CCCCOC3CCCCO3)cn2)cc1. The van der Waals surface area contributed by atoms with Crippen LogP contribution in [0.15, 0.2) is 36.7 Å². The third-order valence-corrected chi connectivity index (χ3v) is 4.13. The number of ether oxygens (including phenoxy) is 2. The molecule has 5 heteroatoms. The number of phenolic OH excluding ortho intramolecular Hbond substituents is 1. The minimum absolute atomic E-state index is 0.00618. The Labute approximate surface area is 142 Å². The van der Waals surface area contributed by atoms with E-state index in [0.717, 1.165) is 56.4 Å². The Morgan fingerprint density at radius 3 is 2.58 bits per heavy atom. The van der Waals surface area contributed by atoms with E-state index in [0.29, 0.717) is 5.82 Å². The fourth-order valence-corrected chi connectivity index (χ4v) is 2.73. The first-order chi connectivity index (χ1) is 11.8. The topological polar surface area (TPSA) is 64.5 Å². The van der Waals surface area contributed by atoms with Crippen LogP contribution in [0.5, 0.6) is 5.75 Å². The molecule has 0 radical (unpaired) electrons. The van der Waals surface area contributed by atoms with Crippen LogP contribution >= 0.6 is 0 Å². The van der Waals surface area contributed by atoms with Gasteiger partial charge in [0.25, 0.3) is 0 Å². The van der Waals surface area contributed by atoms with Crippen LogP contribution in [-0.2, 0) is 15.9 Å². The Morgan fingerprint density at radius 1 is 1.08 bits per heavy atom. The summed E-state index contributed by atoms with van der Waals surface area (Å²) in [6.07, 6.45) is 10.1. The predicted octanol–water partition coefficient (Wildman–Crippen LogP) is 3.72. The predicted molar refractivity (Wildman–Crippen MR) is 91.6 cm³/mol. The Morgan fingerprint density at radius 2 is 1.88 bits per heavy atom. The summed E-state index contributed by atoms with van der Waals surface area (Å²) < 4.78 is 11.3. The molecule has 5 nitrogen and oxygen atoms in total. The zero-order valence-corrected chi connectivity index (χ0v) is 13.9. The van der Waals surface area contributed by atoms with E-state index in [-0.39, 0.29) is 12.0 Å². The molecule has 1 N–H and O–H groups in total. The minimum atomic E-state index is 0.00618. The van der Waals surface area contributed by atoms with Crippen molar-refractivity contribution in [1.82, 2.24) is 9.97 Å². The second-order valence-corrected chi connectivity index (χ2v) is 6.09. The van der Waals surface area contributed by atoms with Gasteiger partial charge in [0.05, 0.1) is 0 Å². The molecule has 0 aliphatic carbocycles. The minimum Gasteiger partial charge on any atom is -0.508 e. The van der Waals surface area contributed by atoms with Gasteiger partial charge in [0.15, 0.2) is 12.1 Å². The smallest absolute Gasteiger partial charge is 0.159 e. The fourth-order valence-electron chi connectivity index (χ4n) is 2.73. The van der Waals surface area contributed by atoms with Crippen molar-refractivity contribution in [3.63, 3.8) is 0 Å². The molecule has 128 valence electrons. The lowest BCUT2D eigenvalue weighted by Gasteiger charge is -2.22. The van der Waals surface area contributed by atoms with Gasteiger partial charge in [-0.15, -0.1) is 0 Å². The quantitative estimate of drug-likeness (QED) is 0.785. The molecule has 0 saturated carbocycles. The van der Waals surface area contributed by atoms with E-state index in [1.165, 1.54) is 6.42 Å². The van der Waals surface area contributed by atoms with E-state index in [9.17, 15) is 5.11 Å². The maximum atomic E-state index is 9.31. The lowest BCUT2D eigenvalue weighted by molar-refractivity contribution is -0.162. The van der Waals surface area contributed by atoms with Crippen LogP contribution < -0.4 is 0 Å². The molecule has 1 saturated heterocycles. The van der Waals surface area contributed by atoms with E-state index >= 15 is 0 Å². The molecule has 1 atom stereocenters. The first-order valence-electron chi connectivity index (χ1n) is 8.65. The molecule has 24 heavy (non-hydrogen) atoms. The highest BCUT2D eigenvalue weighted by Gasteiger charge is 2.13. The highest BCUT2D eigenvalue weighted by Crippen LogP contribution is 2.18. The number of benzene rings is 1. The van der Waals surface area contributed by atoms with E-state index in [2.05, 4.69) is 9.97 Å². The molecule has 1 fully saturated rings. The van der Waals surface area contributed by atoms with Gasteiger partial charge in [0.1, 0.15) is 5.75 Å². The van der Waals surface area contributed by atoms with Gasteiger partial charge < -0.3 is 14.6 Å². The first kappa shape index (κ1) is 16.9. The van der Waals surface area contributed by atoms with Crippen LogP contribution in [0.1, 0.15) is 37.7 Å². The summed E-state index contributed by atoms with van der Waals surface area (Å²) in [5.74, 6) is 0.924. The maximum Gasteiger partial charge on any atom is 0.159 e. The Bertz CT molecular complexity index is 608. The highest BCUT2D eigenvalue weighted by molar-refractivity contribution is 5.55. The monoisotopic (exact) mass is 328 g/mol. The number of aromatic nitrogens is 2. The molecule has 2 aromatic rings. The van der Waals surface area contributed by atoms with Crippen molar-refractivity contribution < 1.29 is 14.6 Å². The summed E-state index contributed by atoms with van der Waals surface area (Å²) in [6, 6.07) is 6.91. The molecule has 1 aromatic heterocycles. The number of rotatable bonds is 7. The lowest BCUT2D eigenvalue weighted by atomic mass is 10.1. The van der Waals surface area contributed by atoms with Crippen molar-refractivity contribution in [2.24, 2.45) is 0 Å². The maximum absolute atomic E-state index is 9.31. The fraction of sp³-hybridized carbons (Fsp3) is 0.474. The molecule has 1 aliphatic rings. The molecular weight excluding hydrogens is 304 g/mol. The van der Waals surface area contributed by atoms with E-state index in [1.807, 2.05) is 24.5 Å². The van der Waals surface area contributed by atoms with Gasteiger partial charge in [-0.3, -0.25) is 0 Å². The Balaban J connectivity index is 1.39. The summed E-state index contributed by atoms with van der Waals surface area (Å²) in [5, 5.41) is 9.31. The van der Waals surface area contributed by atoms with E-state index in [4.69, 9.17) is 9.47 Å². The molecular formula is C19H24N2O3. The molecule has 0 amide bonds. The van der Waals surface area contributed by atoms with Crippen molar-refractivity contribution >= 4 is 0 Å². The molecule has 2 heterocycles. The van der Waals surface area contributed by atoms with Crippen molar-refractivity contribution in [3.05, 3.63) is 42.2 Å². The van der Waals surface area contributed by atoms with Gasteiger partial charge in [-0.1, -0.05) is 0 Å². The standard InChI is InChI=1S/C19H24N2O3/c22-17-9-7-16(8-10-17)19-20-13-15(14-21-19)5-1-3-11-23-18-6-2-4-12-24-18/h7-10,13-14,18,22H,1-6,11-12H2. The summed E-state index contributed by atoms with van der Waals surface area (Å²) in [6.45, 7) is 1.58. The van der Waals surface area contributed by atoms with Gasteiger partial charge in [0.2, 0.25) is 0 Å². The normalized spacial score (nSPS) is 17.8. The lowest BCUT2D eigenvalue weighted by Crippen LogP contribution is -2.22.